The Kier molecular flexibility index (Phi) is 5.70. The highest BCUT2D eigenvalue weighted by molar-refractivity contribution is 4.89. The van der Waals surface area contributed by atoms with E-state index < -0.39 is 56.6 Å². The molecule has 0 aliphatic carbocycles. The number of aliphatic hydroxyl groups is 6. The number of ether oxygens (including phenoxy) is 2. The number of hydrogen-bond acceptors (Lipinski definition) is 8. The van der Waals surface area contributed by atoms with Crippen molar-refractivity contribution >= 4 is 0 Å². The minimum absolute atomic E-state index is 0.495. The molecule has 0 aromatic rings. The van der Waals surface area contributed by atoms with E-state index in [9.17, 15) is 15.3 Å². The van der Waals surface area contributed by atoms with Crippen LogP contribution in [-0.4, -0.2) is 87.3 Å². The molecule has 0 spiro atoms. The van der Waals surface area contributed by atoms with Gasteiger partial charge in [-0.3, -0.25) is 0 Å². The average molecular weight is 254 g/mol. The molecule has 8 nitrogen and oxygen atoms in total. The second-order valence-electron chi connectivity index (χ2n) is 3.82. The van der Waals surface area contributed by atoms with Crippen molar-refractivity contribution in [1.82, 2.24) is 0 Å². The van der Waals surface area contributed by atoms with E-state index in [1.807, 2.05) is 0 Å². The summed E-state index contributed by atoms with van der Waals surface area (Å²) in [6, 6.07) is 0. The minimum atomic E-state index is -1.54. The minimum Gasteiger partial charge on any atom is -0.394 e. The van der Waals surface area contributed by atoms with E-state index in [-0.39, 0.29) is 0 Å². The summed E-state index contributed by atoms with van der Waals surface area (Å²) in [5.74, 6) is 0. The molecular formula is C9H18O8. The van der Waals surface area contributed by atoms with Gasteiger partial charge in [-0.25, -0.2) is 0 Å². The van der Waals surface area contributed by atoms with Crippen LogP contribution in [0.3, 0.4) is 0 Å². The lowest BCUT2D eigenvalue weighted by Crippen LogP contribution is -2.60. The summed E-state index contributed by atoms with van der Waals surface area (Å²) in [6.07, 6.45) is -7.92. The molecule has 1 saturated heterocycles. The molecule has 1 rings (SSSR count). The molecule has 102 valence electrons. The van der Waals surface area contributed by atoms with Crippen molar-refractivity contribution in [2.24, 2.45) is 0 Å². The van der Waals surface area contributed by atoms with Crippen molar-refractivity contribution in [2.75, 3.05) is 19.8 Å². The Morgan fingerprint density at radius 3 is 2.00 bits per heavy atom. The smallest absolute Gasteiger partial charge is 0.187 e. The predicted octanol–water partition coefficient (Wildman–Crippen LogP) is -3.84. The topological polar surface area (TPSA) is 140 Å². The van der Waals surface area contributed by atoms with Crippen LogP contribution in [0.25, 0.3) is 0 Å². The standard InChI is InChI=1S/C9H18O8/c10-1-4(2-11)16-9-8(15)7(14)6(13)5(3-12)17-9/h4-15H,1-3H2/t5-,6+,7-,8-,9+/m0/s1. The molecule has 0 aromatic heterocycles. The Morgan fingerprint density at radius 1 is 0.941 bits per heavy atom. The lowest BCUT2D eigenvalue weighted by atomic mass is 9.99. The first-order valence-corrected chi connectivity index (χ1v) is 5.22. The van der Waals surface area contributed by atoms with Gasteiger partial charge in [0, 0.05) is 0 Å². The van der Waals surface area contributed by atoms with E-state index in [2.05, 4.69) is 0 Å². The largest absolute Gasteiger partial charge is 0.394 e. The number of hydrogen-bond donors (Lipinski definition) is 6. The molecule has 17 heavy (non-hydrogen) atoms. The Morgan fingerprint density at radius 2 is 1.53 bits per heavy atom. The van der Waals surface area contributed by atoms with Gasteiger partial charge in [0.05, 0.1) is 19.8 Å². The summed E-state index contributed by atoms with van der Waals surface area (Å²) in [4.78, 5) is 0. The Bertz CT molecular complexity index is 217. The van der Waals surface area contributed by atoms with Crippen molar-refractivity contribution in [1.29, 1.82) is 0 Å². The van der Waals surface area contributed by atoms with Crippen LogP contribution in [0.2, 0.25) is 0 Å². The molecule has 8 heteroatoms. The van der Waals surface area contributed by atoms with E-state index in [0.29, 0.717) is 0 Å². The fourth-order valence-corrected chi connectivity index (χ4v) is 1.51. The van der Waals surface area contributed by atoms with Crippen LogP contribution in [0.15, 0.2) is 0 Å². The molecule has 0 saturated carbocycles. The maximum absolute atomic E-state index is 9.56. The van der Waals surface area contributed by atoms with Crippen molar-refractivity contribution in [3.05, 3.63) is 0 Å². The molecule has 0 amide bonds. The van der Waals surface area contributed by atoms with Gasteiger partial charge in [0.2, 0.25) is 0 Å². The van der Waals surface area contributed by atoms with Crippen molar-refractivity contribution in [3.63, 3.8) is 0 Å². The van der Waals surface area contributed by atoms with E-state index in [4.69, 9.17) is 24.8 Å². The monoisotopic (exact) mass is 254 g/mol. The van der Waals surface area contributed by atoms with Gasteiger partial charge in [0.1, 0.15) is 30.5 Å². The van der Waals surface area contributed by atoms with Gasteiger partial charge in [-0.05, 0) is 0 Å². The predicted molar refractivity (Wildman–Crippen MR) is 52.8 cm³/mol. The second kappa shape index (κ2) is 6.57. The molecule has 0 radical (unpaired) electrons. The van der Waals surface area contributed by atoms with Gasteiger partial charge >= 0.3 is 0 Å². The molecular weight excluding hydrogens is 236 g/mol. The van der Waals surface area contributed by atoms with E-state index in [0.717, 1.165) is 0 Å². The zero-order valence-electron chi connectivity index (χ0n) is 9.09. The second-order valence-corrected chi connectivity index (χ2v) is 3.82. The summed E-state index contributed by atoms with van der Waals surface area (Å²) >= 11 is 0. The molecule has 5 atom stereocenters. The van der Waals surface area contributed by atoms with Crippen molar-refractivity contribution in [3.8, 4) is 0 Å². The van der Waals surface area contributed by atoms with Crippen LogP contribution < -0.4 is 0 Å². The molecule has 0 bridgehead atoms. The van der Waals surface area contributed by atoms with Crippen LogP contribution >= 0.6 is 0 Å². The summed E-state index contributed by atoms with van der Waals surface area (Å²) < 4.78 is 10.0. The molecule has 1 fully saturated rings. The van der Waals surface area contributed by atoms with Gasteiger partial charge in [-0.15, -0.1) is 0 Å². The van der Waals surface area contributed by atoms with Crippen molar-refractivity contribution < 1.29 is 40.1 Å². The highest BCUT2D eigenvalue weighted by Gasteiger charge is 2.44. The van der Waals surface area contributed by atoms with Gasteiger partial charge < -0.3 is 40.1 Å². The summed E-state index contributed by atoms with van der Waals surface area (Å²) in [5.41, 5.74) is 0. The van der Waals surface area contributed by atoms with Crippen LogP contribution in [0.4, 0.5) is 0 Å². The Balaban J connectivity index is 2.65. The van der Waals surface area contributed by atoms with Gasteiger partial charge in [0.15, 0.2) is 6.29 Å². The average Bonchev–Trinajstić information content (AvgIpc) is 2.35. The maximum atomic E-state index is 9.56. The zero-order chi connectivity index (χ0) is 13.0. The van der Waals surface area contributed by atoms with E-state index in [1.165, 1.54) is 0 Å². The first-order chi connectivity index (χ1) is 8.04. The van der Waals surface area contributed by atoms with E-state index >= 15 is 0 Å². The van der Waals surface area contributed by atoms with Crippen LogP contribution in [0.1, 0.15) is 0 Å². The normalized spacial score (nSPS) is 38.6. The molecule has 1 heterocycles. The highest BCUT2D eigenvalue weighted by atomic mass is 16.7. The third kappa shape index (κ3) is 3.33. The summed E-state index contributed by atoms with van der Waals surface area (Å²) in [7, 11) is 0. The summed E-state index contributed by atoms with van der Waals surface area (Å²) in [6.45, 7) is -1.55. The fourth-order valence-electron chi connectivity index (χ4n) is 1.51. The third-order valence-corrected chi connectivity index (χ3v) is 2.58. The Hall–Kier alpha value is -0.320. The molecule has 1 aliphatic heterocycles. The third-order valence-electron chi connectivity index (χ3n) is 2.58. The van der Waals surface area contributed by atoms with Crippen LogP contribution in [-0.2, 0) is 9.47 Å². The lowest BCUT2D eigenvalue weighted by molar-refractivity contribution is -0.315. The molecule has 1 aliphatic rings. The quantitative estimate of drug-likeness (QED) is 0.293. The number of aliphatic hydroxyl groups excluding tert-OH is 6. The maximum Gasteiger partial charge on any atom is 0.187 e. The molecule has 0 aromatic carbocycles. The van der Waals surface area contributed by atoms with Gasteiger partial charge in [0.25, 0.3) is 0 Å². The lowest BCUT2D eigenvalue weighted by Gasteiger charge is -2.40. The molecule has 0 unspecified atom stereocenters. The molecule has 6 N–H and O–H groups in total. The van der Waals surface area contributed by atoms with Crippen LogP contribution in [0, 0.1) is 0 Å². The first kappa shape index (κ1) is 14.7. The van der Waals surface area contributed by atoms with Gasteiger partial charge in [-0.1, -0.05) is 0 Å². The Labute approximate surface area is 97.6 Å². The van der Waals surface area contributed by atoms with Crippen molar-refractivity contribution in [2.45, 2.75) is 36.8 Å². The fraction of sp³-hybridized carbons (Fsp3) is 1.00. The zero-order valence-corrected chi connectivity index (χ0v) is 9.09. The van der Waals surface area contributed by atoms with Crippen LogP contribution in [0.5, 0.6) is 0 Å². The van der Waals surface area contributed by atoms with Gasteiger partial charge in [-0.2, -0.15) is 0 Å². The SMILES string of the molecule is OCC(CO)O[C@@H]1O[C@@H](CO)[C@@H](O)[C@H](O)[C@@H]1O. The summed E-state index contributed by atoms with van der Waals surface area (Å²) in [5, 5.41) is 55.0. The van der Waals surface area contributed by atoms with E-state index in [1.54, 1.807) is 0 Å². The first-order valence-electron chi connectivity index (χ1n) is 5.22. The number of rotatable bonds is 5. The highest BCUT2D eigenvalue weighted by Crippen LogP contribution is 2.22.